The van der Waals surface area contributed by atoms with Crippen LogP contribution in [0.2, 0.25) is 0 Å². The molecule has 0 amide bonds. The van der Waals surface area contributed by atoms with Gasteiger partial charge in [-0.25, -0.2) is 0 Å². The molecule has 2 aromatic carbocycles. The van der Waals surface area contributed by atoms with E-state index in [0.717, 1.165) is 36.1 Å². The van der Waals surface area contributed by atoms with Gasteiger partial charge in [0.05, 0.1) is 19.2 Å². The summed E-state index contributed by atoms with van der Waals surface area (Å²) in [5.74, 6) is 1.55. The first-order valence-electron chi connectivity index (χ1n) is 12.5. The molecule has 0 bridgehead atoms. The van der Waals surface area contributed by atoms with Crippen LogP contribution in [0.5, 0.6) is 11.5 Å². The van der Waals surface area contributed by atoms with Gasteiger partial charge in [0.15, 0.2) is 0 Å². The molecule has 0 aliphatic rings. The number of hydrogen-bond donors (Lipinski definition) is 0. The quantitative estimate of drug-likeness (QED) is 0.124. The topological polar surface area (TPSA) is 69.6 Å². The minimum absolute atomic E-state index is 0.189. The molecule has 0 aliphatic carbocycles. The van der Waals surface area contributed by atoms with E-state index in [9.17, 15) is 4.57 Å². The van der Waals surface area contributed by atoms with E-state index in [1.165, 1.54) is 14.2 Å². The maximum atomic E-state index is 12.4. The highest BCUT2D eigenvalue weighted by atomic mass is 32.4. The van der Waals surface area contributed by atoms with Gasteiger partial charge in [-0.15, -0.1) is 0 Å². The van der Waals surface area contributed by atoms with Crippen LogP contribution < -0.4 is 9.47 Å². The zero-order chi connectivity index (χ0) is 27.7. The van der Waals surface area contributed by atoms with E-state index in [1.54, 1.807) is 0 Å². The van der Waals surface area contributed by atoms with Crippen molar-refractivity contribution in [2.75, 3.05) is 21.3 Å². The van der Waals surface area contributed by atoms with E-state index in [4.69, 9.17) is 30.3 Å². The predicted molar refractivity (Wildman–Crippen MR) is 158 cm³/mol. The van der Waals surface area contributed by atoms with E-state index in [2.05, 4.69) is 32.8 Å². The lowest BCUT2D eigenvalue weighted by Gasteiger charge is -2.34. The number of rotatable bonds is 15. The number of benzene rings is 2. The molecule has 37 heavy (non-hydrogen) atoms. The van der Waals surface area contributed by atoms with Crippen LogP contribution >= 0.6 is 14.4 Å². The van der Waals surface area contributed by atoms with Gasteiger partial charge >= 0.3 is 7.60 Å². The van der Waals surface area contributed by atoms with Crippen LogP contribution in [0.4, 0.5) is 0 Å². The third kappa shape index (κ3) is 9.53. The molecule has 0 aromatic heterocycles. The third-order valence-corrected chi connectivity index (χ3v) is 12.1. The molecule has 10 heteroatoms. The molecule has 7 nitrogen and oxygen atoms in total. The van der Waals surface area contributed by atoms with Crippen LogP contribution in [0.3, 0.4) is 0 Å². The molecular formula is C27H42N2O5P2S. The minimum Gasteiger partial charge on any atom is -0.488 e. The van der Waals surface area contributed by atoms with Gasteiger partial charge in [-0.2, -0.15) is 5.10 Å². The average molecular weight is 569 g/mol. The van der Waals surface area contributed by atoms with Crippen molar-refractivity contribution in [2.24, 2.45) is 5.10 Å². The lowest BCUT2D eigenvalue weighted by atomic mass is 10.0. The van der Waals surface area contributed by atoms with Gasteiger partial charge in [0, 0.05) is 21.3 Å². The Balaban J connectivity index is 2.04. The Morgan fingerprint density at radius 1 is 0.973 bits per heavy atom. The van der Waals surface area contributed by atoms with Crippen molar-refractivity contribution in [3.05, 3.63) is 59.7 Å². The molecule has 0 aliphatic heterocycles. The van der Waals surface area contributed by atoms with Crippen molar-refractivity contribution in [2.45, 2.75) is 71.0 Å². The lowest BCUT2D eigenvalue weighted by Crippen LogP contribution is -2.30. The smallest absolute Gasteiger partial charge is 0.334 e. The van der Waals surface area contributed by atoms with Crippen molar-refractivity contribution in [1.29, 1.82) is 0 Å². The van der Waals surface area contributed by atoms with Gasteiger partial charge in [-0.1, -0.05) is 44.2 Å². The summed E-state index contributed by atoms with van der Waals surface area (Å²) < 4.78 is 36.8. The Bertz CT molecular complexity index is 1080. The molecule has 0 saturated carbocycles. The molecular weight excluding hydrogens is 526 g/mol. The highest BCUT2D eigenvalue weighted by molar-refractivity contribution is 8.04. The largest absolute Gasteiger partial charge is 0.488 e. The second-order valence-corrected chi connectivity index (χ2v) is 15.5. The first-order chi connectivity index (χ1) is 17.4. The molecule has 0 heterocycles. The van der Waals surface area contributed by atoms with E-state index < -0.39 is 19.8 Å². The van der Waals surface area contributed by atoms with Crippen molar-refractivity contribution in [3.63, 3.8) is 0 Å². The first-order valence-corrected chi connectivity index (χ1v) is 16.8. The standard InChI is InChI=1S/C27H42N2O5P2S/c1-9-19-26(3,4)33-24-15-11-22(12-16-24)20-28-29(6)35(37)27(5,10-2)34-25-17-13-23(14-18-25)21-36(30,31-7)32-8/h11-18,20,35H,9-10,19,21H2,1-8H3/b28-20+. The summed E-state index contributed by atoms with van der Waals surface area (Å²) in [6, 6.07) is 15.4. The molecule has 0 N–H and O–H groups in total. The van der Waals surface area contributed by atoms with Gasteiger partial charge in [0.25, 0.3) is 0 Å². The Morgan fingerprint density at radius 2 is 1.51 bits per heavy atom. The second-order valence-electron chi connectivity index (χ2n) is 9.72. The van der Waals surface area contributed by atoms with E-state index in [1.807, 2.05) is 73.5 Å². The highest BCUT2D eigenvalue weighted by Crippen LogP contribution is 2.50. The molecule has 0 fully saturated rings. The maximum Gasteiger partial charge on any atom is 0.334 e. The van der Waals surface area contributed by atoms with Crippen LogP contribution in [0.1, 0.15) is 65.0 Å². The summed E-state index contributed by atoms with van der Waals surface area (Å²) >= 11 is 5.94. The molecule has 2 aromatic rings. The Hall–Kier alpha value is -1.69. The summed E-state index contributed by atoms with van der Waals surface area (Å²) in [6.07, 6.45) is 4.81. The number of hydrazone groups is 1. The fourth-order valence-corrected chi connectivity index (χ4v) is 6.88. The van der Waals surface area contributed by atoms with Crippen LogP contribution in [0.15, 0.2) is 53.6 Å². The molecule has 2 atom stereocenters. The van der Waals surface area contributed by atoms with Gasteiger partial charge in [0.1, 0.15) is 22.4 Å². The van der Waals surface area contributed by atoms with Gasteiger partial charge in [-0.3, -0.25) is 9.34 Å². The fourth-order valence-electron chi connectivity index (χ4n) is 3.76. The molecule has 206 valence electrons. The monoisotopic (exact) mass is 568 g/mol. The van der Waals surface area contributed by atoms with Gasteiger partial charge in [0.2, 0.25) is 0 Å². The average Bonchev–Trinajstić information content (AvgIpc) is 2.88. The molecule has 2 rings (SSSR count). The van der Waals surface area contributed by atoms with Crippen LogP contribution in [0, 0.1) is 0 Å². The summed E-state index contributed by atoms with van der Waals surface area (Å²) in [5.41, 5.74) is 1.62. The molecule has 2 unspecified atom stereocenters. The summed E-state index contributed by atoms with van der Waals surface area (Å²) in [7, 11) is 1.55. The van der Waals surface area contributed by atoms with Crippen LogP contribution in [-0.2, 0) is 31.6 Å². The zero-order valence-electron chi connectivity index (χ0n) is 23.3. The Kier molecular flexibility index (Phi) is 11.9. The van der Waals surface area contributed by atoms with Gasteiger partial charge in [-0.05, 0) is 81.1 Å². The summed E-state index contributed by atoms with van der Waals surface area (Å²) in [5, 5.41) is 4.06. The molecule has 0 spiro atoms. The highest BCUT2D eigenvalue weighted by Gasteiger charge is 2.31. The zero-order valence-corrected chi connectivity index (χ0v) is 26.0. The first kappa shape index (κ1) is 31.5. The van der Waals surface area contributed by atoms with E-state index in [-0.39, 0.29) is 11.8 Å². The second kappa shape index (κ2) is 13.9. The summed E-state index contributed by atoms with van der Waals surface area (Å²) in [4.78, 5) is 0. The van der Waals surface area contributed by atoms with Crippen LogP contribution in [-0.4, -0.2) is 43.2 Å². The fraction of sp³-hybridized carbons (Fsp3) is 0.519. The van der Waals surface area contributed by atoms with Gasteiger partial charge < -0.3 is 18.5 Å². The molecule has 0 radical (unpaired) electrons. The number of nitrogens with zero attached hydrogens (tertiary/aromatic N) is 2. The number of ether oxygens (including phenoxy) is 2. The van der Waals surface area contributed by atoms with E-state index in [0.29, 0.717) is 5.75 Å². The van der Waals surface area contributed by atoms with Crippen LogP contribution in [0.25, 0.3) is 0 Å². The third-order valence-electron chi connectivity index (χ3n) is 6.13. The van der Waals surface area contributed by atoms with Crippen molar-refractivity contribution < 1.29 is 23.1 Å². The Morgan fingerprint density at radius 3 is 2.03 bits per heavy atom. The molecule has 0 saturated heterocycles. The summed E-state index contributed by atoms with van der Waals surface area (Å²) in [6.45, 7) is 8.85. The van der Waals surface area contributed by atoms with Crippen molar-refractivity contribution >= 4 is 32.5 Å². The predicted octanol–water partition coefficient (Wildman–Crippen LogP) is 7.69. The number of hydrogen-bond acceptors (Lipinski definition) is 7. The Labute approximate surface area is 228 Å². The van der Waals surface area contributed by atoms with Crippen molar-refractivity contribution in [1.82, 2.24) is 4.78 Å². The normalized spacial score (nSPS) is 14.8. The SMILES string of the molecule is CCCC(C)(C)Oc1ccc(/C=N/N(C)[PH](=S)C(C)(CC)Oc2ccc(CP(=O)(OC)OC)cc2)cc1. The van der Waals surface area contributed by atoms with Crippen molar-refractivity contribution in [3.8, 4) is 11.5 Å². The lowest BCUT2D eigenvalue weighted by molar-refractivity contribution is 0.0986. The van der Waals surface area contributed by atoms with E-state index >= 15 is 0 Å². The maximum absolute atomic E-state index is 12.4. The minimum atomic E-state index is -3.12.